The fourth-order valence-corrected chi connectivity index (χ4v) is 9.82. The van der Waals surface area contributed by atoms with Crippen molar-refractivity contribution in [2.75, 3.05) is 69.2 Å². The van der Waals surface area contributed by atoms with Crippen molar-refractivity contribution in [2.45, 2.75) is 70.4 Å². The lowest BCUT2D eigenvalue weighted by Crippen LogP contribution is -2.61. The number of sulfonamides is 1. The number of aryl methyl sites for hydroxylation is 2. The molecule has 0 bridgehead atoms. The molecule has 0 atom stereocenters. The minimum absolute atomic E-state index is 0.00975. The molecule has 4 aromatic carbocycles. The smallest absolute Gasteiger partial charge is 0.321 e. The summed E-state index contributed by atoms with van der Waals surface area (Å²) in [6.07, 6.45) is 4.54. The van der Waals surface area contributed by atoms with Crippen LogP contribution in [0.3, 0.4) is 0 Å². The Labute approximate surface area is 403 Å². The number of rotatable bonds is 9. The Balaban J connectivity index is 0.000000204. The number of carbonyl (C=O) groups is 5. The molecule has 0 aliphatic carbocycles. The summed E-state index contributed by atoms with van der Waals surface area (Å²) in [4.78, 5) is 69.4. The molecule has 18 heteroatoms. The van der Waals surface area contributed by atoms with Crippen molar-refractivity contribution in [2.24, 2.45) is 0 Å². The molecule has 69 heavy (non-hydrogen) atoms. The Bertz CT molecular complexity index is 2760. The monoisotopic (exact) mass is 954 g/mol. The van der Waals surface area contributed by atoms with Crippen LogP contribution in [-0.4, -0.2) is 128 Å². The van der Waals surface area contributed by atoms with Gasteiger partial charge in [-0.25, -0.2) is 22.7 Å². The zero-order chi connectivity index (χ0) is 49.4. The van der Waals surface area contributed by atoms with Crippen LogP contribution in [0.15, 0.2) is 84.9 Å². The van der Waals surface area contributed by atoms with Gasteiger partial charge in [-0.1, -0.05) is 36.4 Å². The van der Waals surface area contributed by atoms with E-state index < -0.39 is 10.0 Å². The summed E-state index contributed by atoms with van der Waals surface area (Å²) in [7, 11) is -3.31. The fraction of sp³-hybridized carbons (Fsp3) is 0.392. The zero-order valence-corrected chi connectivity index (χ0v) is 40.1. The van der Waals surface area contributed by atoms with Crippen molar-refractivity contribution in [3.05, 3.63) is 129 Å². The van der Waals surface area contributed by atoms with Crippen LogP contribution < -0.4 is 20.7 Å². The van der Waals surface area contributed by atoms with Crippen LogP contribution in [0.1, 0.15) is 98.5 Å². The van der Waals surface area contributed by atoms with Crippen molar-refractivity contribution >= 4 is 51.2 Å². The standard InChI is InChI=1S/C26H29N5O3.C25H29N5O4S/c1-17-3-6-22(13-24(17)29-26(34)31-15-23(16-31)28-18(2)32)25(33)30-11-9-21(10-12-30)20-7-4-19(14-27)5-8-20;1-17-3-6-21(13-23(17)27-25(32)30-15-22(16-30)28-35(2,33)34)24(31)29-11-9-20(10-12-29)19-7-4-18(14-26)5-8-19/h3-8,13,21,23H,9-12,15-16H2,1-2H3,(H,28,32)(H,29,34);3-8,13,20,22,28H,9-12,15-16H2,1-2H3,(H,27,32). The minimum atomic E-state index is -3.31. The van der Waals surface area contributed by atoms with Gasteiger partial charge in [-0.15, -0.1) is 0 Å². The van der Waals surface area contributed by atoms with Crippen LogP contribution in [0, 0.1) is 36.5 Å². The van der Waals surface area contributed by atoms with E-state index in [0.717, 1.165) is 43.1 Å². The van der Waals surface area contributed by atoms with E-state index in [1.165, 1.54) is 23.0 Å². The van der Waals surface area contributed by atoms with Gasteiger partial charge in [0.1, 0.15) is 0 Å². The molecule has 8 rings (SSSR count). The van der Waals surface area contributed by atoms with Crippen molar-refractivity contribution in [1.29, 1.82) is 10.5 Å². The number of hydrogen-bond donors (Lipinski definition) is 4. The molecule has 0 aromatic heterocycles. The van der Waals surface area contributed by atoms with E-state index in [4.69, 9.17) is 10.5 Å². The van der Waals surface area contributed by atoms with Crippen molar-refractivity contribution in [1.82, 2.24) is 29.6 Å². The lowest BCUT2D eigenvalue weighted by molar-refractivity contribution is -0.120. The molecule has 0 radical (unpaired) electrons. The van der Waals surface area contributed by atoms with Crippen LogP contribution in [0.2, 0.25) is 0 Å². The highest BCUT2D eigenvalue weighted by Gasteiger charge is 2.34. The first kappa shape index (κ1) is 49.6. The second-order valence-electron chi connectivity index (χ2n) is 18.3. The van der Waals surface area contributed by atoms with Gasteiger partial charge in [-0.05, 0) is 122 Å². The maximum atomic E-state index is 13.2. The molecule has 4 aliphatic rings. The van der Waals surface area contributed by atoms with Crippen LogP contribution >= 0.6 is 0 Å². The van der Waals surface area contributed by atoms with E-state index in [0.29, 0.717) is 97.8 Å². The number of nitrogens with zero attached hydrogens (tertiary/aromatic N) is 6. The Morgan fingerprint density at radius 2 is 0.942 bits per heavy atom. The molecule has 4 heterocycles. The summed E-state index contributed by atoms with van der Waals surface area (Å²) in [6.45, 7) is 9.35. The highest BCUT2D eigenvalue weighted by Crippen LogP contribution is 2.31. The summed E-state index contributed by atoms with van der Waals surface area (Å²) >= 11 is 0. The third-order valence-corrected chi connectivity index (χ3v) is 13.9. The Morgan fingerprint density at radius 3 is 1.29 bits per heavy atom. The maximum Gasteiger partial charge on any atom is 0.321 e. The van der Waals surface area contributed by atoms with E-state index in [1.807, 2.05) is 84.3 Å². The SMILES string of the molecule is CC(=O)NC1CN(C(=O)Nc2cc(C(=O)N3CCC(c4ccc(C#N)cc4)CC3)ccc2C)C1.Cc1ccc(C(=O)N2CCC(c3ccc(C#N)cc3)CC2)cc1NC(=O)N1CC(NS(C)(=O)=O)C1. The predicted octanol–water partition coefficient (Wildman–Crippen LogP) is 5.89. The lowest BCUT2D eigenvalue weighted by atomic mass is 9.89. The van der Waals surface area contributed by atoms with Gasteiger partial charge in [0, 0.05) is 81.8 Å². The topological polar surface area (TPSA) is 228 Å². The molecule has 360 valence electrons. The van der Waals surface area contributed by atoms with Crippen LogP contribution in [0.5, 0.6) is 0 Å². The minimum Gasteiger partial charge on any atom is -0.350 e. The van der Waals surface area contributed by atoms with E-state index in [-0.39, 0.29) is 41.9 Å². The van der Waals surface area contributed by atoms with Gasteiger partial charge < -0.3 is 35.6 Å². The van der Waals surface area contributed by atoms with Gasteiger partial charge in [0.2, 0.25) is 15.9 Å². The maximum absolute atomic E-state index is 13.2. The molecular weight excluding hydrogens is 897 g/mol. The predicted molar refractivity (Wildman–Crippen MR) is 261 cm³/mol. The van der Waals surface area contributed by atoms with E-state index in [9.17, 15) is 32.4 Å². The molecule has 4 saturated heterocycles. The summed E-state index contributed by atoms with van der Waals surface area (Å²) in [5, 5.41) is 26.5. The first-order valence-electron chi connectivity index (χ1n) is 23.1. The van der Waals surface area contributed by atoms with Crippen molar-refractivity contribution < 1.29 is 32.4 Å². The molecule has 0 spiro atoms. The van der Waals surface area contributed by atoms with Gasteiger partial charge in [-0.3, -0.25) is 14.4 Å². The number of likely N-dealkylation sites (tertiary alicyclic amines) is 4. The third kappa shape index (κ3) is 12.8. The van der Waals surface area contributed by atoms with E-state index >= 15 is 0 Å². The number of hydrogen-bond acceptors (Lipinski definition) is 9. The number of carbonyl (C=O) groups excluding carboxylic acids is 5. The van der Waals surface area contributed by atoms with Gasteiger partial charge in [0.15, 0.2) is 0 Å². The molecule has 0 saturated carbocycles. The molecule has 7 amide bonds. The van der Waals surface area contributed by atoms with Crippen LogP contribution in [0.25, 0.3) is 0 Å². The quantitative estimate of drug-likeness (QED) is 0.157. The van der Waals surface area contributed by atoms with Crippen molar-refractivity contribution in [3.8, 4) is 12.1 Å². The molecule has 0 unspecified atom stereocenters. The summed E-state index contributed by atoms with van der Waals surface area (Å²) in [5.41, 5.74) is 7.65. The highest BCUT2D eigenvalue weighted by atomic mass is 32.2. The second-order valence-corrected chi connectivity index (χ2v) is 20.1. The van der Waals surface area contributed by atoms with Crippen LogP contribution in [-0.2, 0) is 14.8 Å². The Kier molecular flexibility index (Phi) is 15.7. The number of benzene rings is 4. The zero-order valence-electron chi connectivity index (χ0n) is 39.3. The van der Waals surface area contributed by atoms with Gasteiger partial charge in [-0.2, -0.15) is 10.5 Å². The van der Waals surface area contributed by atoms with E-state index in [2.05, 4.69) is 32.8 Å². The van der Waals surface area contributed by atoms with Gasteiger partial charge >= 0.3 is 12.1 Å². The molecule has 17 nitrogen and oxygen atoms in total. The van der Waals surface area contributed by atoms with Gasteiger partial charge in [0.25, 0.3) is 11.8 Å². The first-order chi connectivity index (χ1) is 33.0. The third-order valence-electron chi connectivity index (χ3n) is 13.2. The second kappa shape index (κ2) is 21.8. The normalized spacial score (nSPS) is 16.7. The average molecular weight is 955 g/mol. The lowest BCUT2D eigenvalue weighted by Gasteiger charge is -2.39. The highest BCUT2D eigenvalue weighted by molar-refractivity contribution is 7.88. The van der Waals surface area contributed by atoms with E-state index in [1.54, 1.807) is 29.2 Å². The number of anilines is 2. The summed E-state index contributed by atoms with van der Waals surface area (Å²) in [5.74, 6) is 0.524. The Morgan fingerprint density at radius 1 is 0.565 bits per heavy atom. The van der Waals surface area contributed by atoms with Gasteiger partial charge in [0.05, 0.1) is 41.6 Å². The molecule has 4 fully saturated rings. The summed E-state index contributed by atoms with van der Waals surface area (Å²) < 4.78 is 25.1. The first-order valence-corrected chi connectivity index (χ1v) is 25.0. The largest absolute Gasteiger partial charge is 0.350 e. The number of piperidine rings is 2. The fourth-order valence-electron chi connectivity index (χ4n) is 9.07. The van der Waals surface area contributed by atoms with Crippen molar-refractivity contribution in [3.63, 3.8) is 0 Å². The Hall–Kier alpha value is -7.28. The van der Waals surface area contributed by atoms with Crippen LogP contribution in [0.4, 0.5) is 21.0 Å². The molecule has 4 N–H and O–H groups in total. The number of nitriles is 2. The number of urea groups is 2. The molecule has 4 aromatic rings. The molecule has 4 aliphatic heterocycles. The average Bonchev–Trinajstić information content (AvgIpc) is 3.32. The number of amides is 7. The molecular formula is C51H58N10O7S. The summed E-state index contributed by atoms with van der Waals surface area (Å²) in [6, 6.07) is 29.5. The number of nitrogens with one attached hydrogen (secondary N) is 4.